The molecule has 10 nitrogen and oxygen atoms in total. The summed E-state index contributed by atoms with van der Waals surface area (Å²) < 4.78 is 0. The van der Waals surface area contributed by atoms with Crippen molar-refractivity contribution in [2.24, 2.45) is 5.92 Å². The van der Waals surface area contributed by atoms with E-state index >= 15 is 0 Å². The molecule has 0 aromatic rings. The topological polar surface area (TPSA) is 188 Å². The van der Waals surface area contributed by atoms with Crippen molar-refractivity contribution in [2.45, 2.75) is 24.4 Å². The molecule has 0 aromatic heterocycles. The van der Waals surface area contributed by atoms with Crippen molar-refractivity contribution >= 4 is 11.9 Å². The van der Waals surface area contributed by atoms with Crippen molar-refractivity contribution in [3.63, 3.8) is 0 Å². The third-order valence-electron chi connectivity index (χ3n) is 2.68. The highest BCUT2D eigenvalue weighted by Crippen LogP contribution is 2.10. The second-order valence-corrected chi connectivity index (χ2v) is 4.22. The summed E-state index contributed by atoms with van der Waals surface area (Å²) in [5.41, 5.74) is 0. The zero-order valence-electron chi connectivity index (χ0n) is 10.5. The molecule has 0 saturated carbocycles. The predicted octanol–water partition coefficient (Wildman–Crippen LogP) is -4.20. The van der Waals surface area contributed by atoms with Crippen molar-refractivity contribution in [3.8, 4) is 0 Å². The Bertz CT molecular complexity index is 306. The van der Waals surface area contributed by atoms with Gasteiger partial charge in [-0.05, 0) is 0 Å². The highest BCUT2D eigenvalue weighted by Gasteiger charge is 2.30. The molecule has 0 bridgehead atoms. The normalized spacial score (nSPS) is 28.8. The fourth-order valence-electron chi connectivity index (χ4n) is 1.41. The van der Waals surface area contributed by atoms with Gasteiger partial charge in [0.2, 0.25) is 0 Å². The maximum absolute atomic E-state index is 9.77. The van der Waals surface area contributed by atoms with Gasteiger partial charge in [-0.15, -0.1) is 0 Å². The number of hydrogen-bond acceptors (Lipinski definition) is 8. The first kappa shape index (κ1) is 18.7. The Hall–Kier alpha value is -1.30. The number of carboxylic acid groups (broad SMARTS) is 2. The minimum absolute atomic E-state index is 0.0781. The van der Waals surface area contributed by atoms with Gasteiger partial charge in [-0.2, -0.15) is 0 Å². The van der Waals surface area contributed by atoms with Crippen molar-refractivity contribution in [2.75, 3.05) is 19.7 Å². The number of aliphatic hydroxyl groups excluding tert-OH is 5. The van der Waals surface area contributed by atoms with Crippen LogP contribution < -0.4 is 5.32 Å². The second-order valence-electron chi connectivity index (χ2n) is 4.22. The standard InChI is InChI=1S/C6H13NO3.C4H6O6/c8-3-4-1-7-2-5(9)6(4)10;5-1(3(7)8)2(6)4(9)10/h4-10H,1-3H2;1-2,5-6H,(H,7,8)(H,9,10)/t4-,5-,6+;1-,2-/m10/s1. The summed E-state index contributed by atoms with van der Waals surface area (Å²) in [5.74, 6) is -3.76. The Kier molecular flexibility index (Phi) is 8.22. The Morgan fingerprint density at radius 2 is 1.50 bits per heavy atom. The van der Waals surface area contributed by atoms with E-state index in [2.05, 4.69) is 5.32 Å². The smallest absolute Gasteiger partial charge is 0.335 e. The summed E-state index contributed by atoms with van der Waals surface area (Å²) in [6.07, 6.45) is -6.04. The summed E-state index contributed by atoms with van der Waals surface area (Å²) in [7, 11) is 0. The lowest BCUT2D eigenvalue weighted by molar-refractivity contribution is -0.165. The van der Waals surface area contributed by atoms with E-state index in [1.54, 1.807) is 0 Å². The highest BCUT2D eigenvalue weighted by atomic mass is 16.4. The average Bonchev–Trinajstić information content (AvgIpc) is 2.40. The van der Waals surface area contributed by atoms with E-state index in [0.717, 1.165) is 0 Å². The van der Waals surface area contributed by atoms with E-state index in [1.807, 2.05) is 0 Å². The summed E-state index contributed by atoms with van der Waals surface area (Å²) in [5, 5.41) is 62.3. The number of rotatable bonds is 4. The molecule has 0 radical (unpaired) electrons. The minimum atomic E-state index is -2.27. The van der Waals surface area contributed by atoms with Gasteiger partial charge in [-0.3, -0.25) is 0 Å². The molecule has 5 atom stereocenters. The van der Waals surface area contributed by atoms with Gasteiger partial charge in [-0.1, -0.05) is 0 Å². The van der Waals surface area contributed by atoms with Crippen LogP contribution in [0.3, 0.4) is 0 Å². The number of hydrogen-bond donors (Lipinski definition) is 8. The third-order valence-corrected chi connectivity index (χ3v) is 2.68. The lowest BCUT2D eigenvalue weighted by atomic mass is 9.95. The third kappa shape index (κ3) is 5.77. The number of β-amino-alcohol motifs (C(OH)–C–C–N with tert-alkyl or cyclic N) is 1. The number of carbonyl (C=O) groups is 2. The fourth-order valence-corrected chi connectivity index (χ4v) is 1.41. The minimum Gasteiger partial charge on any atom is -0.479 e. The molecule has 0 amide bonds. The highest BCUT2D eigenvalue weighted by molar-refractivity contribution is 5.83. The molecule has 1 aliphatic rings. The number of aliphatic hydroxyl groups is 5. The predicted molar refractivity (Wildman–Crippen MR) is 62.7 cm³/mol. The molecule has 1 rings (SSSR count). The molecular formula is C10H19NO9. The lowest BCUT2D eigenvalue weighted by Gasteiger charge is -2.30. The SMILES string of the molecule is O=C(O)[C@@H](O)[C@H](O)C(=O)O.OC[C@H]1CNC[C@@H](O)[C@H]1O. The monoisotopic (exact) mass is 297 g/mol. The summed E-state index contributed by atoms with van der Waals surface area (Å²) in [6, 6.07) is 0. The van der Waals surface area contributed by atoms with Gasteiger partial charge < -0.3 is 41.1 Å². The lowest BCUT2D eigenvalue weighted by Crippen LogP contribution is -2.51. The fraction of sp³-hybridized carbons (Fsp3) is 0.800. The quantitative estimate of drug-likeness (QED) is 0.252. The maximum atomic E-state index is 9.77. The van der Waals surface area contributed by atoms with Gasteiger partial charge in [-0.25, -0.2) is 9.59 Å². The van der Waals surface area contributed by atoms with Crippen LogP contribution in [-0.2, 0) is 9.59 Å². The molecular weight excluding hydrogens is 278 g/mol. The van der Waals surface area contributed by atoms with E-state index < -0.39 is 36.4 Å². The first-order valence-electron chi connectivity index (χ1n) is 5.71. The molecule has 118 valence electrons. The van der Waals surface area contributed by atoms with E-state index in [1.165, 1.54) is 0 Å². The largest absolute Gasteiger partial charge is 0.479 e. The molecule has 1 aliphatic heterocycles. The van der Waals surface area contributed by atoms with Crippen LogP contribution in [0.1, 0.15) is 0 Å². The van der Waals surface area contributed by atoms with E-state index in [0.29, 0.717) is 13.1 Å². The van der Waals surface area contributed by atoms with Gasteiger partial charge in [0.05, 0.1) is 12.2 Å². The van der Waals surface area contributed by atoms with Gasteiger partial charge in [0.15, 0.2) is 12.2 Å². The zero-order chi connectivity index (χ0) is 15.9. The maximum Gasteiger partial charge on any atom is 0.335 e. The summed E-state index contributed by atoms with van der Waals surface area (Å²) >= 11 is 0. The van der Waals surface area contributed by atoms with Crippen molar-refractivity contribution < 1.29 is 45.3 Å². The molecule has 0 unspecified atom stereocenters. The summed E-state index contributed by atoms with van der Waals surface area (Å²) in [6.45, 7) is 0.914. The van der Waals surface area contributed by atoms with Crippen LogP contribution >= 0.6 is 0 Å². The number of aliphatic carboxylic acids is 2. The van der Waals surface area contributed by atoms with Crippen LogP contribution in [0.5, 0.6) is 0 Å². The van der Waals surface area contributed by atoms with Crippen LogP contribution in [0.2, 0.25) is 0 Å². The van der Waals surface area contributed by atoms with Crippen LogP contribution in [0.15, 0.2) is 0 Å². The Labute approximate surface area is 113 Å². The van der Waals surface area contributed by atoms with Crippen LogP contribution in [0.4, 0.5) is 0 Å². The molecule has 8 N–H and O–H groups in total. The van der Waals surface area contributed by atoms with Gasteiger partial charge >= 0.3 is 11.9 Å². The zero-order valence-corrected chi connectivity index (χ0v) is 10.5. The summed E-state index contributed by atoms with van der Waals surface area (Å²) in [4.78, 5) is 19.5. The van der Waals surface area contributed by atoms with Gasteiger partial charge in [0.1, 0.15) is 0 Å². The number of piperidine rings is 1. The number of nitrogens with one attached hydrogen (secondary N) is 1. The van der Waals surface area contributed by atoms with Crippen LogP contribution in [0.25, 0.3) is 0 Å². The van der Waals surface area contributed by atoms with Crippen molar-refractivity contribution in [1.82, 2.24) is 5.32 Å². The van der Waals surface area contributed by atoms with Gasteiger partial charge in [0.25, 0.3) is 0 Å². The van der Waals surface area contributed by atoms with Gasteiger partial charge in [0, 0.05) is 25.6 Å². The van der Waals surface area contributed by atoms with E-state index in [-0.39, 0.29) is 12.5 Å². The molecule has 20 heavy (non-hydrogen) atoms. The average molecular weight is 297 g/mol. The molecule has 1 heterocycles. The molecule has 0 spiro atoms. The molecule has 0 aromatic carbocycles. The van der Waals surface area contributed by atoms with Crippen LogP contribution in [0, 0.1) is 5.92 Å². The van der Waals surface area contributed by atoms with Crippen LogP contribution in [-0.4, -0.2) is 91.8 Å². The van der Waals surface area contributed by atoms with Crippen molar-refractivity contribution in [3.05, 3.63) is 0 Å². The second kappa shape index (κ2) is 8.79. The molecule has 1 saturated heterocycles. The first-order valence-corrected chi connectivity index (χ1v) is 5.71. The number of carboxylic acids is 2. The molecule has 0 aliphatic carbocycles. The molecule has 10 heteroatoms. The Morgan fingerprint density at radius 1 is 1.05 bits per heavy atom. The van der Waals surface area contributed by atoms with E-state index in [9.17, 15) is 14.7 Å². The Morgan fingerprint density at radius 3 is 1.80 bits per heavy atom. The Balaban J connectivity index is 0.000000361. The molecule has 1 fully saturated rings. The van der Waals surface area contributed by atoms with Crippen molar-refractivity contribution in [1.29, 1.82) is 0 Å². The first-order chi connectivity index (χ1) is 9.22. The van der Waals surface area contributed by atoms with E-state index in [4.69, 9.17) is 30.6 Å².